The first-order valence-corrected chi connectivity index (χ1v) is 10.5. The van der Waals surface area contributed by atoms with Gasteiger partial charge < -0.3 is 15.3 Å². The van der Waals surface area contributed by atoms with Crippen LogP contribution >= 0.6 is 11.3 Å². The number of thiazole rings is 1. The number of phenolic OH excluding ortho intramolecular Hbond substituents is 1. The highest BCUT2D eigenvalue weighted by Crippen LogP contribution is 2.28. The van der Waals surface area contributed by atoms with Crippen LogP contribution in [0.15, 0.2) is 47.8 Å². The Hall–Kier alpha value is -2.57. The van der Waals surface area contributed by atoms with E-state index in [4.69, 9.17) is 4.98 Å². The number of phenols is 1. The molecule has 1 fully saturated rings. The molecule has 4 rings (SSSR count). The van der Waals surface area contributed by atoms with Gasteiger partial charge in [-0.15, -0.1) is 11.3 Å². The summed E-state index contributed by atoms with van der Waals surface area (Å²) in [5.41, 5.74) is 5.70. The highest BCUT2D eigenvalue weighted by molar-refractivity contribution is 7.13. The second-order valence-corrected chi connectivity index (χ2v) is 8.18. The standard InChI is InChI=1S/C22H26N4OS/c1-16-7-8-18(13-17(16)2)23-22-24-19(15-28-22)14-25-9-11-26(12-10-25)20-5-3-4-6-21(20)27/h3-8,13,15,27H,9-12,14H2,1-2H3,(H,23,24). The number of para-hydroxylation sites is 2. The van der Waals surface area contributed by atoms with Crippen molar-refractivity contribution in [2.24, 2.45) is 0 Å². The van der Waals surface area contributed by atoms with Gasteiger partial charge in [-0.2, -0.15) is 0 Å². The monoisotopic (exact) mass is 394 g/mol. The minimum atomic E-state index is 0.359. The van der Waals surface area contributed by atoms with Gasteiger partial charge in [0.1, 0.15) is 5.75 Å². The first kappa shape index (κ1) is 18.8. The van der Waals surface area contributed by atoms with E-state index >= 15 is 0 Å². The van der Waals surface area contributed by atoms with Crippen LogP contribution in [0.2, 0.25) is 0 Å². The van der Waals surface area contributed by atoms with E-state index in [0.29, 0.717) is 5.75 Å². The van der Waals surface area contributed by atoms with Crippen molar-refractivity contribution in [2.45, 2.75) is 20.4 Å². The molecule has 146 valence electrons. The van der Waals surface area contributed by atoms with Gasteiger partial charge in [0.2, 0.25) is 0 Å². The zero-order chi connectivity index (χ0) is 19.5. The number of rotatable bonds is 5. The SMILES string of the molecule is Cc1ccc(Nc2nc(CN3CCN(c4ccccc4O)CC3)cs2)cc1C. The van der Waals surface area contributed by atoms with Gasteiger partial charge in [0.25, 0.3) is 0 Å². The van der Waals surface area contributed by atoms with Gasteiger partial charge in [-0.05, 0) is 49.2 Å². The summed E-state index contributed by atoms with van der Waals surface area (Å²) in [5.74, 6) is 0.359. The number of nitrogens with one attached hydrogen (secondary N) is 1. The molecule has 0 saturated carbocycles. The molecule has 0 radical (unpaired) electrons. The Kier molecular flexibility index (Phi) is 5.50. The topological polar surface area (TPSA) is 51.6 Å². The number of hydrogen-bond acceptors (Lipinski definition) is 6. The number of anilines is 3. The molecule has 1 saturated heterocycles. The number of aromatic nitrogens is 1. The molecule has 0 unspecified atom stereocenters. The van der Waals surface area contributed by atoms with Crippen molar-refractivity contribution in [3.05, 3.63) is 64.7 Å². The molecule has 6 heteroatoms. The van der Waals surface area contributed by atoms with Crippen molar-refractivity contribution in [3.63, 3.8) is 0 Å². The lowest BCUT2D eigenvalue weighted by Crippen LogP contribution is -2.46. The Morgan fingerprint density at radius 1 is 1.04 bits per heavy atom. The molecule has 1 aliphatic heterocycles. The molecular weight excluding hydrogens is 368 g/mol. The Morgan fingerprint density at radius 2 is 1.82 bits per heavy atom. The molecule has 2 N–H and O–H groups in total. The maximum atomic E-state index is 10.0. The lowest BCUT2D eigenvalue weighted by molar-refractivity contribution is 0.247. The maximum Gasteiger partial charge on any atom is 0.187 e. The summed E-state index contributed by atoms with van der Waals surface area (Å²) in [6, 6.07) is 14.0. The second kappa shape index (κ2) is 8.20. The van der Waals surface area contributed by atoms with E-state index < -0.39 is 0 Å². The molecular formula is C22H26N4OS. The fraction of sp³-hybridized carbons (Fsp3) is 0.318. The average Bonchev–Trinajstić information content (AvgIpc) is 3.13. The van der Waals surface area contributed by atoms with Crippen molar-refractivity contribution < 1.29 is 5.11 Å². The number of aromatic hydroxyl groups is 1. The Bertz CT molecular complexity index is 947. The molecule has 28 heavy (non-hydrogen) atoms. The number of aryl methyl sites for hydroxylation is 2. The van der Waals surface area contributed by atoms with Crippen LogP contribution in [0.5, 0.6) is 5.75 Å². The first-order valence-electron chi connectivity index (χ1n) is 9.62. The normalized spacial score (nSPS) is 15.0. The van der Waals surface area contributed by atoms with Crippen LogP contribution in [-0.4, -0.2) is 41.2 Å². The van der Waals surface area contributed by atoms with E-state index in [1.54, 1.807) is 17.4 Å². The summed E-state index contributed by atoms with van der Waals surface area (Å²) < 4.78 is 0. The van der Waals surface area contributed by atoms with Gasteiger partial charge in [-0.1, -0.05) is 18.2 Å². The van der Waals surface area contributed by atoms with Crippen LogP contribution in [0.25, 0.3) is 0 Å². The van der Waals surface area contributed by atoms with Gasteiger partial charge in [0, 0.05) is 43.8 Å². The van der Waals surface area contributed by atoms with Gasteiger partial charge >= 0.3 is 0 Å². The Morgan fingerprint density at radius 3 is 2.57 bits per heavy atom. The van der Waals surface area contributed by atoms with Crippen molar-refractivity contribution in [1.29, 1.82) is 0 Å². The van der Waals surface area contributed by atoms with Crippen LogP contribution in [0.3, 0.4) is 0 Å². The Balaban J connectivity index is 1.32. The maximum absolute atomic E-state index is 10.0. The fourth-order valence-electron chi connectivity index (χ4n) is 3.49. The average molecular weight is 395 g/mol. The van der Waals surface area contributed by atoms with Crippen LogP contribution < -0.4 is 10.2 Å². The third-order valence-electron chi connectivity index (χ3n) is 5.29. The predicted octanol–water partition coefficient (Wildman–Crippen LogP) is 4.53. The van der Waals surface area contributed by atoms with E-state index in [2.05, 4.69) is 52.5 Å². The summed E-state index contributed by atoms with van der Waals surface area (Å²) in [6.45, 7) is 8.87. The van der Waals surface area contributed by atoms with Crippen molar-refractivity contribution in [1.82, 2.24) is 9.88 Å². The van der Waals surface area contributed by atoms with Crippen molar-refractivity contribution in [3.8, 4) is 5.75 Å². The number of piperazine rings is 1. The molecule has 5 nitrogen and oxygen atoms in total. The molecule has 1 aliphatic rings. The largest absolute Gasteiger partial charge is 0.506 e. The molecule has 0 bridgehead atoms. The zero-order valence-electron chi connectivity index (χ0n) is 16.4. The summed E-state index contributed by atoms with van der Waals surface area (Å²) >= 11 is 1.65. The van der Waals surface area contributed by atoms with Gasteiger partial charge in [-0.3, -0.25) is 4.90 Å². The molecule has 0 atom stereocenters. The fourth-order valence-corrected chi connectivity index (χ4v) is 4.21. The van der Waals surface area contributed by atoms with Crippen LogP contribution in [-0.2, 0) is 6.54 Å². The third-order valence-corrected chi connectivity index (χ3v) is 6.10. The molecule has 0 amide bonds. The minimum absolute atomic E-state index is 0.359. The summed E-state index contributed by atoms with van der Waals surface area (Å²) in [4.78, 5) is 9.43. The van der Waals surface area contributed by atoms with Crippen LogP contribution in [0, 0.1) is 13.8 Å². The second-order valence-electron chi connectivity index (χ2n) is 7.32. The molecule has 3 aromatic rings. The zero-order valence-corrected chi connectivity index (χ0v) is 17.2. The third kappa shape index (κ3) is 4.29. The molecule has 2 aromatic carbocycles. The number of hydrogen-bond donors (Lipinski definition) is 2. The molecule has 1 aromatic heterocycles. The van der Waals surface area contributed by atoms with Gasteiger partial charge in [0.05, 0.1) is 11.4 Å². The highest BCUT2D eigenvalue weighted by atomic mass is 32.1. The van der Waals surface area contributed by atoms with E-state index in [-0.39, 0.29) is 0 Å². The van der Waals surface area contributed by atoms with Gasteiger partial charge in [-0.25, -0.2) is 4.98 Å². The molecule has 0 spiro atoms. The van der Waals surface area contributed by atoms with E-state index in [0.717, 1.165) is 54.9 Å². The summed E-state index contributed by atoms with van der Waals surface area (Å²) in [5, 5.41) is 16.5. The first-order chi connectivity index (χ1) is 13.6. The van der Waals surface area contributed by atoms with E-state index in [9.17, 15) is 5.11 Å². The van der Waals surface area contributed by atoms with Crippen LogP contribution in [0.4, 0.5) is 16.5 Å². The quantitative estimate of drug-likeness (QED) is 0.666. The predicted molar refractivity (Wildman–Crippen MR) is 117 cm³/mol. The summed E-state index contributed by atoms with van der Waals surface area (Å²) in [6.07, 6.45) is 0. The Labute approximate surface area is 170 Å². The van der Waals surface area contributed by atoms with Gasteiger partial charge in [0.15, 0.2) is 5.13 Å². The van der Waals surface area contributed by atoms with E-state index in [1.165, 1.54) is 11.1 Å². The molecule has 2 heterocycles. The lowest BCUT2D eigenvalue weighted by atomic mass is 10.1. The number of benzene rings is 2. The van der Waals surface area contributed by atoms with Crippen molar-refractivity contribution >= 4 is 27.8 Å². The van der Waals surface area contributed by atoms with Crippen LogP contribution in [0.1, 0.15) is 16.8 Å². The lowest BCUT2D eigenvalue weighted by Gasteiger charge is -2.36. The highest BCUT2D eigenvalue weighted by Gasteiger charge is 2.19. The smallest absolute Gasteiger partial charge is 0.187 e. The van der Waals surface area contributed by atoms with Crippen molar-refractivity contribution in [2.75, 3.05) is 36.4 Å². The minimum Gasteiger partial charge on any atom is -0.506 e. The number of nitrogens with zero attached hydrogens (tertiary/aromatic N) is 3. The molecule has 0 aliphatic carbocycles. The van der Waals surface area contributed by atoms with E-state index in [1.807, 2.05) is 18.2 Å². The summed E-state index contributed by atoms with van der Waals surface area (Å²) in [7, 11) is 0.